The van der Waals surface area contributed by atoms with E-state index in [1.54, 1.807) is 0 Å². The molecule has 2 aromatic rings. The minimum atomic E-state index is -0.289. The van der Waals surface area contributed by atoms with Crippen LogP contribution in [0.2, 0.25) is 0 Å². The Balaban J connectivity index is 1.65. The van der Waals surface area contributed by atoms with E-state index in [0.717, 1.165) is 34.8 Å². The molecule has 142 valence electrons. The highest BCUT2D eigenvalue weighted by atomic mass is 16.5. The second-order valence-electron chi connectivity index (χ2n) is 7.36. The van der Waals surface area contributed by atoms with Gasteiger partial charge >= 0.3 is 5.97 Å². The fourth-order valence-electron chi connectivity index (χ4n) is 2.93. The average molecular weight is 364 g/mol. The Labute approximate surface area is 161 Å². The van der Waals surface area contributed by atoms with Gasteiger partial charge in [-0.3, -0.25) is 0 Å². The van der Waals surface area contributed by atoms with E-state index in [1.165, 1.54) is 18.4 Å². The first-order valence-electron chi connectivity index (χ1n) is 9.59. The van der Waals surface area contributed by atoms with E-state index < -0.39 is 0 Å². The molecule has 4 nitrogen and oxygen atoms in total. The lowest BCUT2D eigenvalue weighted by atomic mass is 10.0. The summed E-state index contributed by atoms with van der Waals surface area (Å²) < 4.78 is 5.54. The first kappa shape index (κ1) is 19.2. The van der Waals surface area contributed by atoms with Crippen molar-refractivity contribution in [3.63, 3.8) is 0 Å². The molecule has 0 atom stereocenters. The number of hydrogen-bond acceptors (Lipinski definition) is 3. The molecule has 0 N–H and O–H groups in total. The SMILES string of the molecule is CCN(C)/C=N/c1cc(C)c(C(=O)OCc2ccc(C3CC3)cc2)cc1C. The maximum absolute atomic E-state index is 12.5. The maximum Gasteiger partial charge on any atom is 0.338 e. The van der Waals surface area contributed by atoms with Crippen LogP contribution in [0, 0.1) is 13.8 Å². The zero-order valence-electron chi connectivity index (χ0n) is 16.7. The van der Waals surface area contributed by atoms with Crippen LogP contribution in [0.5, 0.6) is 0 Å². The summed E-state index contributed by atoms with van der Waals surface area (Å²) in [7, 11) is 1.98. The van der Waals surface area contributed by atoms with Crippen LogP contribution in [0.3, 0.4) is 0 Å². The number of esters is 1. The number of carbonyl (C=O) groups excluding carboxylic acids is 1. The monoisotopic (exact) mass is 364 g/mol. The number of aryl methyl sites for hydroxylation is 2. The van der Waals surface area contributed by atoms with Gasteiger partial charge in [0.15, 0.2) is 0 Å². The minimum Gasteiger partial charge on any atom is -0.457 e. The molecule has 0 aliphatic heterocycles. The summed E-state index contributed by atoms with van der Waals surface area (Å²) in [6.45, 7) is 7.15. The number of aliphatic imine (C=N–C) groups is 1. The maximum atomic E-state index is 12.5. The van der Waals surface area contributed by atoms with Crippen molar-refractivity contribution in [3.05, 3.63) is 64.2 Å². The standard InChI is InChI=1S/C23H28N2O2/c1-5-25(4)15-24-22-13-16(2)21(12-17(22)3)23(26)27-14-18-6-8-19(9-7-18)20-10-11-20/h6-9,12-13,15,20H,5,10-11,14H2,1-4H3/b24-15+. The Morgan fingerprint density at radius 2 is 1.89 bits per heavy atom. The van der Waals surface area contributed by atoms with E-state index in [1.807, 2.05) is 44.3 Å². The normalized spacial score (nSPS) is 13.8. The molecule has 1 aliphatic carbocycles. The van der Waals surface area contributed by atoms with Crippen molar-refractivity contribution >= 4 is 18.0 Å². The Morgan fingerprint density at radius 3 is 2.52 bits per heavy atom. The average Bonchev–Trinajstić information content (AvgIpc) is 3.51. The predicted molar refractivity (Wildman–Crippen MR) is 110 cm³/mol. The van der Waals surface area contributed by atoms with Crippen molar-refractivity contribution in [1.82, 2.24) is 4.90 Å². The molecule has 27 heavy (non-hydrogen) atoms. The van der Waals surface area contributed by atoms with Crippen LogP contribution in [0.4, 0.5) is 5.69 Å². The van der Waals surface area contributed by atoms with Gasteiger partial charge in [-0.05, 0) is 73.9 Å². The van der Waals surface area contributed by atoms with E-state index in [2.05, 4.69) is 36.2 Å². The van der Waals surface area contributed by atoms with Crippen LogP contribution < -0.4 is 0 Å². The largest absolute Gasteiger partial charge is 0.457 e. The summed E-state index contributed by atoms with van der Waals surface area (Å²) in [4.78, 5) is 19.0. The lowest BCUT2D eigenvalue weighted by molar-refractivity contribution is 0.0472. The first-order valence-corrected chi connectivity index (χ1v) is 9.59. The van der Waals surface area contributed by atoms with E-state index in [4.69, 9.17) is 4.74 Å². The molecule has 0 bridgehead atoms. The molecule has 0 heterocycles. The van der Waals surface area contributed by atoms with Gasteiger partial charge in [0.2, 0.25) is 0 Å². The minimum absolute atomic E-state index is 0.289. The molecule has 1 saturated carbocycles. The van der Waals surface area contributed by atoms with Gasteiger partial charge in [-0.2, -0.15) is 0 Å². The Hall–Kier alpha value is -2.62. The molecule has 0 unspecified atom stereocenters. The van der Waals surface area contributed by atoms with Crippen molar-refractivity contribution in [2.24, 2.45) is 4.99 Å². The highest BCUT2D eigenvalue weighted by Crippen LogP contribution is 2.39. The molecular formula is C23H28N2O2. The van der Waals surface area contributed by atoms with Crippen LogP contribution in [-0.4, -0.2) is 30.8 Å². The molecule has 4 heteroatoms. The number of rotatable bonds is 7. The summed E-state index contributed by atoms with van der Waals surface area (Å²) in [5, 5.41) is 0. The molecule has 1 fully saturated rings. The Kier molecular flexibility index (Phi) is 5.94. The first-order chi connectivity index (χ1) is 13.0. The zero-order chi connectivity index (χ0) is 19.4. The second kappa shape index (κ2) is 8.38. The highest BCUT2D eigenvalue weighted by molar-refractivity contribution is 5.92. The van der Waals surface area contributed by atoms with Crippen molar-refractivity contribution in [2.75, 3.05) is 13.6 Å². The highest BCUT2D eigenvalue weighted by Gasteiger charge is 2.23. The third-order valence-corrected chi connectivity index (χ3v) is 5.05. The lowest BCUT2D eigenvalue weighted by Gasteiger charge is -2.12. The van der Waals surface area contributed by atoms with Gasteiger partial charge < -0.3 is 9.64 Å². The van der Waals surface area contributed by atoms with E-state index in [0.29, 0.717) is 12.2 Å². The van der Waals surface area contributed by atoms with Gasteiger partial charge in [0.25, 0.3) is 0 Å². The summed E-state index contributed by atoms with van der Waals surface area (Å²) in [6.07, 6.45) is 4.40. The van der Waals surface area contributed by atoms with Gasteiger partial charge in [-0.1, -0.05) is 24.3 Å². The summed E-state index contributed by atoms with van der Waals surface area (Å²) in [5.41, 5.74) is 5.72. The molecule has 1 aliphatic rings. The molecule has 2 aromatic carbocycles. The fourth-order valence-corrected chi connectivity index (χ4v) is 2.93. The molecule has 0 amide bonds. The van der Waals surface area contributed by atoms with Gasteiger partial charge in [0, 0.05) is 13.6 Å². The van der Waals surface area contributed by atoms with Crippen molar-refractivity contribution in [2.45, 2.75) is 46.1 Å². The van der Waals surface area contributed by atoms with Crippen LogP contribution in [-0.2, 0) is 11.3 Å². The zero-order valence-corrected chi connectivity index (χ0v) is 16.7. The third-order valence-electron chi connectivity index (χ3n) is 5.05. The van der Waals surface area contributed by atoms with Gasteiger partial charge in [0.1, 0.15) is 6.61 Å². The van der Waals surface area contributed by atoms with E-state index in [-0.39, 0.29) is 5.97 Å². The van der Waals surface area contributed by atoms with Crippen LogP contribution in [0.1, 0.15) is 58.3 Å². The molecule has 0 spiro atoms. The number of benzene rings is 2. The number of hydrogen-bond donors (Lipinski definition) is 0. The molecule has 3 rings (SSSR count). The summed E-state index contributed by atoms with van der Waals surface area (Å²) in [6, 6.07) is 12.2. The second-order valence-corrected chi connectivity index (χ2v) is 7.36. The fraction of sp³-hybridized carbons (Fsp3) is 0.391. The number of nitrogens with zero attached hydrogens (tertiary/aromatic N) is 2. The van der Waals surface area contributed by atoms with E-state index in [9.17, 15) is 4.79 Å². The molecule has 0 saturated heterocycles. The molecular weight excluding hydrogens is 336 g/mol. The lowest BCUT2D eigenvalue weighted by Crippen LogP contribution is -2.14. The van der Waals surface area contributed by atoms with Gasteiger partial charge in [-0.15, -0.1) is 0 Å². The smallest absolute Gasteiger partial charge is 0.338 e. The van der Waals surface area contributed by atoms with Crippen molar-refractivity contribution in [1.29, 1.82) is 0 Å². The Morgan fingerprint density at radius 1 is 1.19 bits per heavy atom. The summed E-state index contributed by atoms with van der Waals surface area (Å²) in [5.74, 6) is 0.452. The number of ether oxygens (including phenoxy) is 1. The van der Waals surface area contributed by atoms with Gasteiger partial charge in [0.05, 0.1) is 17.6 Å². The van der Waals surface area contributed by atoms with Crippen molar-refractivity contribution in [3.8, 4) is 0 Å². The number of carbonyl (C=O) groups is 1. The van der Waals surface area contributed by atoms with Crippen molar-refractivity contribution < 1.29 is 9.53 Å². The Bertz CT molecular complexity index is 836. The van der Waals surface area contributed by atoms with E-state index >= 15 is 0 Å². The van der Waals surface area contributed by atoms with Crippen LogP contribution in [0.25, 0.3) is 0 Å². The molecule has 0 aromatic heterocycles. The predicted octanol–water partition coefficient (Wildman–Crippen LogP) is 5.15. The topological polar surface area (TPSA) is 41.9 Å². The van der Waals surface area contributed by atoms with Crippen LogP contribution >= 0.6 is 0 Å². The van der Waals surface area contributed by atoms with Crippen LogP contribution in [0.15, 0.2) is 41.4 Å². The summed E-state index contributed by atoms with van der Waals surface area (Å²) >= 11 is 0. The quantitative estimate of drug-likeness (QED) is 0.388. The molecule has 0 radical (unpaired) electrons. The third kappa shape index (κ3) is 4.97. The van der Waals surface area contributed by atoms with Gasteiger partial charge in [-0.25, -0.2) is 9.79 Å².